The zero-order chi connectivity index (χ0) is 23.5. The van der Waals surface area contributed by atoms with Crippen molar-refractivity contribution in [3.8, 4) is 11.1 Å². The van der Waals surface area contributed by atoms with E-state index in [1.165, 1.54) is 7.11 Å². The van der Waals surface area contributed by atoms with Crippen molar-refractivity contribution in [2.75, 3.05) is 17.7 Å². The molecule has 0 unspecified atom stereocenters. The summed E-state index contributed by atoms with van der Waals surface area (Å²) in [7, 11) is 1.38. The molecule has 0 aliphatic heterocycles. The number of hydrogen-bond acceptors (Lipinski definition) is 5. The first kappa shape index (κ1) is 22.8. The molecule has 1 amide bonds. The fourth-order valence-corrected chi connectivity index (χ4v) is 3.83. The van der Waals surface area contributed by atoms with Crippen LogP contribution in [0.3, 0.4) is 0 Å². The van der Waals surface area contributed by atoms with E-state index in [1.807, 2.05) is 56.3 Å². The summed E-state index contributed by atoms with van der Waals surface area (Å²) >= 11 is 6.40. The smallest absolute Gasteiger partial charge is 0.338 e. The Hall–Kier alpha value is -3.38. The number of carbonyl (C=O) groups is 2. The molecular weight excluding hydrogens is 438 g/mol. The van der Waals surface area contributed by atoms with Crippen molar-refractivity contribution in [2.45, 2.75) is 33.2 Å². The number of methoxy groups -OCH3 is 1. The summed E-state index contributed by atoms with van der Waals surface area (Å²) in [6.45, 7) is 4.25. The summed E-state index contributed by atoms with van der Waals surface area (Å²) in [4.78, 5) is 29.0. The van der Waals surface area contributed by atoms with Gasteiger partial charge < -0.3 is 15.4 Å². The van der Waals surface area contributed by atoms with Gasteiger partial charge in [-0.15, -0.1) is 0 Å². The number of pyridine rings is 1. The number of esters is 1. The van der Waals surface area contributed by atoms with Crippen LogP contribution in [0.1, 0.15) is 40.0 Å². The molecule has 2 aromatic carbocycles. The number of aromatic nitrogens is 1. The predicted octanol–water partition coefficient (Wildman–Crippen LogP) is 5.77. The van der Waals surface area contributed by atoms with E-state index in [9.17, 15) is 9.59 Å². The molecule has 33 heavy (non-hydrogen) atoms. The van der Waals surface area contributed by atoms with Gasteiger partial charge in [0, 0.05) is 12.5 Å². The molecule has 1 aliphatic rings. The average Bonchev–Trinajstić information content (AvgIpc) is 3.69. The maximum atomic E-state index is 12.4. The van der Waals surface area contributed by atoms with Gasteiger partial charge in [-0.2, -0.15) is 0 Å². The molecule has 0 spiro atoms. The Labute approximate surface area is 198 Å². The molecule has 0 atom stereocenters. The van der Waals surface area contributed by atoms with Gasteiger partial charge in [0.1, 0.15) is 0 Å². The zero-order valence-corrected chi connectivity index (χ0v) is 19.6. The van der Waals surface area contributed by atoms with E-state index < -0.39 is 0 Å². The minimum absolute atomic E-state index is 0.0106. The van der Waals surface area contributed by atoms with Crippen LogP contribution in [-0.4, -0.2) is 24.0 Å². The van der Waals surface area contributed by atoms with Crippen LogP contribution in [0.2, 0.25) is 5.02 Å². The molecule has 6 nitrogen and oxygen atoms in total. The van der Waals surface area contributed by atoms with Crippen LogP contribution in [0.4, 0.5) is 11.5 Å². The Balaban J connectivity index is 1.53. The van der Waals surface area contributed by atoms with E-state index in [4.69, 9.17) is 16.3 Å². The van der Waals surface area contributed by atoms with Crippen molar-refractivity contribution in [3.63, 3.8) is 0 Å². The van der Waals surface area contributed by atoms with Gasteiger partial charge >= 0.3 is 5.97 Å². The van der Waals surface area contributed by atoms with Crippen LogP contribution < -0.4 is 10.6 Å². The number of rotatable bonds is 7. The SMILES string of the molecule is COC(=O)c1ccccc1-c1ccc(CNc2nc(C)c(Cl)c(C)c2NC(=O)C2CC2)cc1. The molecule has 0 saturated heterocycles. The molecule has 1 aliphatic carbocycles. The van der Waals surface area contributed by atoms with Crippen LogP contribution in [0.25, 0.3) is 11.1 Å². The van der Waals surface area contributed by atoms with Crippen LogP contribution >= 0.6 is 11.6 Å². The summed E-state index contributed by atoms with van der Waals surface area (Å²) in [6, 6.07) is 15.3. The van der Waals surface area contributed by atoms with Crippen molar-refractivity contribution in [3.05, 3.63) is 75.9 Å². The van der Waals surface area contributed by atoms with Crippen LogP contribution in [0, 0.1) is 19.8 Å². The van der Waals surface area contributed by atoms with E-state index >= 15 is 0 Å². The Morgan fingerprint density at radius 3 is 2.45 bits per heavy atom. The topological polar surface area (TPSA) is 80.3 Å². The van der Waals surface area contributed by atoms with Gasteiger partial charge in [-0.3, -0.25) is 4.79 Å². The largest absolute Gasteiger partial charge is 0.465 e. The predicted molar refractivity (Wildman–Crippen MR) is 131 cm³/mol. The number of anilines is 2. The van der Waals surface area contributed by atoms with E-state index in [2.05, 4.69) is 15.6 Å². The summed E-state index contributed by atoms with van der Waals surface area (Å²) in [5.41, 5.74) is 5.43. The fourth-order valence-electron chi connectivity index (χ4n) is 3.69. The van der Waals surface area contributed by atoms with Crippen LogP contribution in [0.15, 0.2) is 48.5 Å². The third-order valence-corrected chi connectivity index (χ3v) is 6.35. The van der Waals surface area contributed by atoms with Gasteiger partial charge in [-0.1, -0.05) is 54.1 Å². The van der Waals surface area contributed by atoms with Crippen molar-refractivity contribution >= 4 is 35.0 Å². The van der Waals surface area contributed by atoms with Gasteiger partial charge in [0.25, 0.3) is 0 Å². The number of carbonyl (C=O) groups excluding carboxylic acids is 2. The minimum Gasteiger partial charge on any atom is -0.465 e. The highest BCUT2D eigenvalue weighted by Gasteiger charge is 2.30. The lowest BCUT2D eigenvalue weighted by Gasteiger charge is -2.17. The highest BCUT2D eigenvalue weighted by molar-refractivity contribution is 6.32. The maximum Gasteiger partial charge on any atom is 0.338 e. The number of aryl methyl sites for hydroxylation is 1. The second-order valence-electron chi connectivity index (χ2n) is 8.21. The number of amides is 1. The molecule has 0 bridgehead atoms. The van der Waals surface area contributed by atoms with Gasteiger partial charge in [0.05, 0.1) is 29.1 Å². The molecule has 7 heteroatoms. The molecule has 0 radical (unpaired) electrons. The van der Waals surface area contributed by atoms with E-state index in [0.717, 1.165) is 35.1 Å². The summed E-state index contributed by atoms with van der Waals surface area (Å²) < 4.78 is 4.90. The minimum atomic E-state index is -0.364. The molecule has 1 saturated carbocycles. The molecule has 3 aromatic rings. The maximum absolute atomic E-state index is 12.4. The highest BCUT2D eigenvalue weighted by Crippen LogP contribution is 2.35. The first-order chi connectivity index (χ1) is 15.9. The van der Waals surface area contributed by atoms with Gasteiger partial charge in [0.15, 0.2) is 5.82 Å². The van der Waals surface area contributed by atoms with Crippen LogP contribution in [-0.2, 0) is 16.1 Å². The van der Waals surface area contributed by atoms with Gasteiger partial charge in [0.2, 0.25) is 5.91 Å². The van der Waals surface area contributed by atoms with E-state index in [1.54, 1.807) is 6.07 Å². The molecule has 2 N–H and O–H groups in total. The molecule has 1 aromatic heterocycles. The zero-order valence-electron chi connectivity index (χ0n) is 18.9. The number of nitrogens with zero attached hydrogens (tertiary/aromatic N) is 1. The molecular formula is C26H26ClN3O3. The second kappa shape index (κ2) is 9.63. The molecule has 170 valence electrons. The Kier molecular flexibility index (Phi) is 6.65. The number of ether oxygens (including phenoxy) is 1. The quantitative estimate of drug-likeness (QED) is 0.435. The summed E-state index contributed by atoms with van der Waals surface area (Å²) in [6.07, 6.45) is 1.85. The van der Waals surface area contributed by atoms with Crippen molar-refractivity contribution in [1.29, 1.82) is 0 Å². The molecule has 1 fully saturated rings. The lowest BCUT2D eigenvalue weighted by molar-refractivity contribution is -0.117. The highest BCUT2D eigenvalue weighted by atomic mass is 35.5. The molecule has 4 rings (SSSR count). The normalized spacial score (nSPS) is 12.8. The Bertz CT molecular complexity index is 1200. The molecule has 1 heterocycles. The van der Waals surface area contributed by atoms with Crippen molar-refractivity contribution < 1.29 is 14.3 Å². The summed E-state index contributed by atoms with van der Waals surface area (Å²) in [5, 5.41) is 6.90. The first-order valence-electron chi connectivity index (χ1n) is 10.9. The van der Waals surface area contributed by atoms with Crippen molar-refractivity contribution in [2.24, 2.45) is 5.92 Å². The van der Waals surface area contributed by atoms with E-state index in [-0.39, 0.29) is 17.8 Å². The summed E-state index contributed by atoms with van der Waals surface area (Å²) in [5.74, 6) is 0.328. The monoisotopic (exact) mass is 463 g/mol. The standard InChI is InChI=1S/C26H26ClN3O3/c1-15-22(27)16(2)29-24(23(15)30-25(31)19-12-13-19)28-14-17-8-10-18(11-9-17)20-6-4-5-7-21(20)26(32)33-3/h4-11,19H,12-14H2,1-3H3,(H,28,29)(H,30,31). The lowest BCUT2D eigenvalue weighted by atomic mass is 9.98. The lowest BCUT2D eigenvalue weighted by Crippen LogP contribution is -2.17. The van der Waals surface area contributed by atoms with E-state index in [0.29, 0.717) is 34.3 Å². The van der Waals surface area contributed by atoms with Crippen LogP contribution in [0.5, 0.6) is 0 Å². The first-order valence-corrected chi connectivity index (χ1v) is 11.2. The third-order valence-electron chi connectivity index (χ3n) is 5.79. The fraction of sp³-hybridized carbons (Fsp3) is 0.269. The number of hydrogen-bond donors (Lipinski definition) is 2. The second-order valence-corrected chi connectivity index (χ2v) is 8.59. The number of benzene rings is 2. The Morgan fingerprint density at radius 2 is 1.79 bits per heavy atom. The third kappa shape index (κ3) is 5.01. The Morgan fingerprint density at radius 1 is 1.09 bits per heavy atom. The van der Waals surface area contributed by atoms with Gasteiger partial charge in [-0.25, -0.2) is 9.78 Å². The number of halogens is 1. The number of nitrogens with one attached hydrogen (secondary N) is 2. The van der Waals surface area contributed by atoms with Crippen molar-refractivity contribution in [1.82, 2.24) is 4.98 Å². The van der Waals surface area contributed by atoms with Gasteiger partial charge in [-0.05, 0) is 55.0 Å². The average molecular weight is 464 g/mol.